The summed E-state index contributed by atoms with van der Waals surface area (Å²) in [4.78, 5) is 19.5. The molecule has 0 bridgehead atoms. The fourth-order valence-corrected chi connectivity index (χ4v) is 4.27. The second kappa shape index (κ2) is 7.75. The van der Waals surface area contributed by atoms with Gasteiger partial charge >= 0.3 is 0 Å². The number of benzene rings is 3. The molecule has 0 saturated carbocycles. The van der Waals surface area contributed by atoms with Crippen molar-refractivity contribution in [3.63, 3.8) is 0 Å². The summed E-state index contributed by atoms with van der Waals surface area (Å²) in [5.74, 6) is 0.742. The molecule has 150 valence electrons. The molecular formula is C25H22FN3O. The summed E-state index contributed by atoms with van der Waals surface area (Å²) in [5, 5.41) is 0. The molecular weight excluding hydrogens is 377 g/mol. The largest absolute Gasteiger partial charge is 0.338 e. The van der Waals surface area contributed by atoms with Gasteiger partial charge < -0.3 is 9.47 Å². The van der Waals surface area contributed by atoms with Crippen LogP contribution < -0.4 is 0 Å². The summed E-state index contributed by atoms with van der Waals surface area (Å²) in [6, 6.07) is 24.7. The Morgan fingerprint density at radius 1 is 0.900 bits per heavy atom. The standard InChI is InChI=1S/C25H22FN3O/c26-21-11-5-4-10-19(21)17-29-23-13-7-6-12-22(23)27-25(29)20-14-24(30)28(16-20)15-18-8-2-1-3-9-18/h1-13,20H,14-17H2/t20-/m1/s1. The van der Waals surface area contributed by atoms with Gasteiger partial charge in [0, 0.05) is 31.0 Å². The van der Waals surface area contributed by atoms with E-state index in [1.165, 1.54) is 6.07 Å². The highest BCUT2D eigenvalue weighted by atomic mass is 19.1. The van der Waals surface area contributed by atoms with Gasteiger partial charge in [-0.25, -0.2) is 9.37 Å². The number of halogens is 1. The Labute approximate surface area is 174 Å². The maximum atomic E-state index is 14.4. The molecule has 2 heterocycles. The Morgan fingerprint density at radius 3 is 2.47 bits per heavy atom. The summed E-state index contributed by atoms with van der Waals surface area (Å²) in [7, 11) is 0. The molecule has 5 rings (SSSR count). The first kappa shape index (κ1) is 18.6. The molecule has 1 aromatic heterocycles. The second-order valence-corrected chi connectivity index (χ2v) is 7.80. The van der Waals surface area contributed by atoms with Crippen LogP contribution >= 0.6 is 0 Å². The number of hydrogen-bond donors (Lipinski definition) is 0. The van der Waals surface area contributed by atoms with Crippen molar-refractivity contribution < 1.29 is 9.18 Å². The average Bonchev–Trinajstić information content (AvgIpc) is 3.31. The summed E-state index contributed by atoms with van der Waals surface area (Å²) in [6.45, 7) is 1.62. The van der Waals surface area contributed by atoms with Gasteiger partial charge in [0.25, 0.3) is 0 Å². The van der Waals surface area contributed by atoms with Crippen molar-refractivity contribution in [3.8, 4) is 0 Å². The molecule has 1 aliphatic rings. The van der Waals surface area contributed by atoms with E-state index in [0.29, 0.717) is 31.6 Å². The van der Waals surface area contributed by atoms with E-state index in [0.717, 1.165) is 22.4 Å². The minimum Gasteiger partial charge on any atom is -0.338 e. The van der Waals surface area contributed by atoms with Crippen LogP contribution in [0.15, 0.2) is 78.9 Å². The maximum Gasteiger partial charge on any atom is 0.223 e. The minimum atomic E-state index is -0.227. The highest BCUT2D eigenvalue weighted by Crippen LogP contribution is 2.32. The monoisotopic (exact) mass is 399 g/mol. The van der Waals surface area contributed by atoms with Crippen LogP contribution in [0.2, 0.25) is 0 Å². The topological polar surface area (TPSA) is 38.1 Å². The number of carbonyl (C=O) groups excluding carboxylic acids is 1. The first-order chi connectivity index (χ1) is 14.7. The Hall–Kier alpha value is -3.47. The maximum absolute atomic E-state index is 14.4. The van der Waals surface area contributed by atoms with Crippen molar-refractivity contribution in [2.24, 2.45) is 0 Å². The Balaban J connectivity index is 1.48. The van der Waals surface area contributed by atoms with Crippen molar-refractivity contribution in [1.29, 1.82) is 0 Å². The van der Waals surface area contributed by atoms with Gasteiger partial charge in [-0.3, -0.25) is 4.79 Å². The Morgan fingerprint density at radius 2 is 1.63 bits per heavy atom. The molecule has 3 aromatic carbocycles. The zero-order valence-electron chi connectivity index (χ0n) is 16.5. The van der Waals surface area contributed by atoms with E-state index in [4.69, 9.17) is 4.98 Å². The molecule has 1 aliphatic heterocycles. The smallest absolute Gasteiger partial charge is 0.223 e. The third kappa shape index (κ3) is 3.47. The van der Waals surface area contributed by atoms with Gasteiger partial charge in [0.2, 0.25) is 5.91 Å². The number of imidazole rings is 1. The SMILES string of the molecule is O=C1C[C@@H](c2nc3ccccc3n2Cc2ccccc2F)CN1Cc1ccccc1. The van der Waals surface area contributed by atoms with Gasteiger partial charge in [0.15, 0.2) is 0 Å². The van der Waals surface area contributed by atoms with Gasteiger partial charge in [-0.2, -0.15) is 0 Å². The fourth-order valence-electron chi connectivity index (χ4n) is 4.27. The summed E-state index contributed by atoms with van der Waals surface area (Å²) in [5.41, 5.74) is 3.57. The Bertz CT molecular complexity index is 1200. The number of fused-ring (bicyclic) bond motifs is 1. The van der Waals surface area contributed by atoms with Crippen molar-refractivity contribution in [2.45, 2.75) is 25.4 Å². The zero-order valence-corrected chi connectivity index (χ0v) is 16.5. The molecule has 0 radical (unpaired) electrons. The quantitative estimate of drug-likeness (QED) is 0.486. The number of para-hydroxylation sites is 2. The van der Waals surface area contributed by atoms with Crippen molar-refractivity contribution in [3.05, 3.63) is 102 Å². The highest BCUT2D eigenvalue weighted by molar-refractivity contribution is 5.81. The van der Waals surface area contributed by atoms with Crippen LogP contribution in [0.5, 0.6) is 0 Å². The molecule has 1 atom stereocenters. The van der Waals surface area contributed by atoms with E-state index in [-0.39, 0.29) is 17.6 Å². The molecule has 0 N–H and O–H groups in total. The number of rotatable bonds is 5. The number of carbonyl (C=O) groups is 1. The summed E-state index contributed by atoms with van der Waals surface area (Å²) in [6.07, 6.45) is 0.424. The van der Waals surface area contributed by atoms with Crippen LogP contribution in [-0.2, 0) is 17.9 Å². The zero-order chi connectivity index (χ0) is 20.5. The minimum absolute atomic E-state index is 0.0135. The van der Waals surface area contributed by atoms with E-state index in [1.807, 2.05) is 65.6 Å². The number of aromatic nitrogens is 2. The highest BCUT2D eigenvalue weighted by Gasteiger charge is 2.34. The van der Waals surface area contributed by atoms with Crippen LogP contribution in [0.25, 0.3) is 11.0 Å². The molecule has 0 aliphatic carbocycles. The van der Waals surface area contributed by atoms with E-state index < -0.39 is 0 Å². The predicted molar refractivity (Wildman–Crippen MR) is 114 cm³/mol. The van der Waals surface area contributed by atoms with Crippen LogP contribution in [0.3, 0.4) is 0 Å². The predicted octanol–water partition coefficient (Wildman–Crippen LogP) is 4.74. The van der Waals surface area contributed by atoms with Gasteiger partial charge in [-0.1, -0.05) is 60.7 Å². The number of amides is 1. The number of likely N-dealkylation sites (tertiary alicyclic amines) is 1. The number of nitrogens with zero attached hydrogens (tertiary/aromatic N) is 3. The molecule has 4 aromatic rings. The lowest BCUT2D eigenvalue weighted by molar-refractivity contribution is -0.128. The molecule has 0 unspecified atom stereocenters. The van der Waals surface area contributed by atoms with Gasteiger partial charge in [0.05, 0.1) is 17.6 Å². The first-order valence-corrected chi connectivity index (χ1v) is 10.2. The lowest BCUT2D eigenvalue weighted by Crippen LogP contribution is -2.24. The average molecular weight is 399 g/mol. The number of hydrogen-bond acceptors (Lipinski definition) is 2. The van der Waals surface area contributed by atoms with Crippen LogP contribution in [-0.4, -0.2) is 26.9 Å². The third-order valence-corrected chi connectivity index (χ3v) is 5.77. The summed E-state index contributed by atoms with van der Waals surface area (Å²) >= 11 is 0. The summed E-state index contributed by atoms with van der Waals surface area (Å²) < 4.78 is 16.4. The van der Waals surface area contributed by atoms with Gasteiger partial charge in [-0.15, -0.1) is 0 Å². The molecule has 0 spiro atoms. The first-order valence-electron chi connectivity index (χ1n) is 10.2. The third-order valence-electron chi connectivity index (χ3n) is 5.77. The van der Waals surface area contributed by atoms with Crippen molar-refractivity contribution in [1.82, 2.24) is 14.5 Å². The Kier molecular flexibility index (Phi) is 4.79. The van der Waals surface area contributed by atoms with Crippen molar-refractivity contribution in [2.75, 3.05) is 6.54 Å². The van der Waals surface area contributed by atoms with E-state index in [9.17, 15) is 9.18 Å². The molecule has 1 saturated heterocycles. The fraction of sp³-hybridized carbons (Fsp3) is 0.200. The van der Waals surface area contributed by atoms with Crippen LogP contribution in [0, 0.1) is 5.82 Å². The van der Waals surface area contributed by atoms with E-state index in [1.54, 1.807) is 12.1 Å². The van der Waals surface area contributed by atoms with Crippen LogP contribution in [0.4, 0.5) is 4.39 Å². The van der Waals surface area contributed by atoms with E-state index in [2.05, 4.69) is 4.57 Å². The molecule has 1 fully saturated rings. The molecule has 4 nitrogen and oxygen atoms in total. The lowest BCUT2D eigenvalue weighted by atomic mass is 10.1. The lowest BCUT2D eigenvalue weighted by Gasteiger charge is -2.17. The normalized spacial score (nSPS) is 16.5. The van der Waals surface area contributed by atoms with Gasteiger partial charge in [0.1, 0.15) is 11.6 Å². The molecule has 30 heavy (non-hydrogen) atoms. The molecule has 1 amide bonds. The second-order valence-electron chi connectivity index (χ2n) is 7.80. The van der Waals surface area contributed by atoms with Crippen LogP contribution in [0.1, 0.15) is 29.3 Å². The van der Waals surface area contributed by atoms with Crippen molar-refractivity contribution >= 4 is 16.9 Å². The molecule has 5 heteroatoms. The van der Waals surface area contributed by atoms with Gasteiger partial charge in [-0.05, 0) is 23.8 Å². The van der Waals surface area contributed by atoms with E-state index >= 15 is 0 Å².